The van der Waals surface area contributed by atoms with Gasteiger partial charge in [0.2, 0.25) is 5.43 Å². The maximum Gasteiger partial charge on any atom is 0.333 e. The fraction of sp³-hybridized carbons (Fsp3) is 0.440. The standard InChI is InChI=1S/C25H29N3O5/c1-33-25(32)21(16-8-4-2-5-9-16)27-24(31)20-15-28(18-10-6-3-7-11-18)14-19(22(20)29)23(30)26-17-12-13-17/h2,4-5,8-9,14-15,17-18,21H,3,6-7,10-13H2,1H3,(H,26,30)(H,27,31)/t21-/m0/s1. The van der Waals surface area contributed by atoms with Crippen LogP contribution in [0.1, 0.15) is 83.3 Å². The van der Waals surface area contributed by atoms with Crippen LogP contribution in [0.4, 0.5) is 0 Å². The zero-order valence-electron chi connectivity index (χ0n) is 18.7. The minimum Gasteiger partial charge on any atom is -0.467 e. The summed E-state index contributed by atoms with van der Waals surface area (Å²) in [5, 5.41) is 5.48. The smallest absolute Gasteiger partial charge is 0.333 e. The van der Waals surface area contributed by atoms with Gasteiger partial charge in [-0.1, -0.05) is 49.6 Å². The van der Waals surface area contributed by atoms with Crippen molar-refractivity contribution in [1.29, 1.82) is 0 Å². The molecule has 1 heterocycles. The number of carbonyl (C=O) groups is 3. The first kappa shape index (κ1) is 22.8. The van der Waals surface area contributed by atoms with E-state index in [9.17, 15) is 19.2 Å². The van der Waals surface area contributed by atoms with E-state index in [-0.39, 0.29) is 23.2 Å². The van der Waals surface area contributed by atoms with Gasteiger partial charge in [-0.15, -0.1) is 0 Å². The minimum absolute atomic E-state index is 0.0468. The van der Waals surface area contributed by atoms with Gasteiger partial charge in [-0.3, -0.25) is 14.4 Å². The van der Waals surface area contributed by atoms with Crippen molar-refractivity contribution in [3.8, 4) is 0 Å². The number of carbonyl (C=O) groups excluding carboxylic acids is 3. The first-order chi connectivity index (χ1) is 16.0. The van der Waals surface area contributed by atoms with E-state index in [0.29, 0.717) is 5.56 Å². The molecule has 8 nitrogen and oxygen atoms in total. The quantitative estimate of drug-likeness (QED) is 0.630. The second-order valence-corrected chi connectivity index (χ2v) is 8.74. The number of hydrogen-bond acceptors (Lipinski definition) is 5. The molecule has 1 atom stereocenters. The lowest BCUT2D eigenvalue weighted by atomic mass is 9.95. The highest BCUT2D eigenvalue weighted by atomic mass is 16.5. The fourth-order valence-electron chi connectivity index (χ4n) is 4.25. The van der Waals surface area contributed by atoms with Crippen LogP contribution < -0.4 is 16.1 Å². The summed E-state index contributed by atoms with van der Waals surface area (Å²) in [6, 6.07) is 7.80. The van der Waals surface area contributed by atoms with Crippen molar-refractivity contribution in [2.24, 2.45) is 0 Å². The van der Waals surface area contributed by atoms with Crippen molar-refractivity contribution >= 4 is 17.8 Å². The van der Waals surface area contributed by atoms with E-state index >= 15 is 0 Å². The van der Waals surface area contributed by atoms with Crippen LogP contribution in [-0.2, 0) is 9.53 Å². The van der Waals surface area contributed by atoms with E-state index in [1.165, 1.54) is 13.3 Å². The second-order valence-electron chi connectivity index (χ2n) is 8.74. The largest absolute Gasteiger partial charge is 0.467 e. The molecular weight excluding hydrogens is 422 g/mol. The van der Waals surface area contributed by atoms with Crippen molar-refractivity contribution in [1.82, 2.24) is 15.2 Å². The van der Waals surface area contributed by atoms with Gasteiger partial charge in [0.1, 0.15) is 11.1 Å². The molecule has 0 radical (unpaired) electrons. The van der Waals surface area contributed by atoms with Gasteiger partial charge in [0, 0.05) is 24.5 Å². The Morgan fingerprint density at radius 3 is 2.18 bits per heavy atom. The number of methoxy groups -OCH3 is 1. The van der Waals surface area contributed by atoms with E-state index in [1.807, 2.05) is 4.57 Å². The van der Waals surface area contributed by atoms with Gasteiger partial charge in [-0.25, -0.2) is 4.79 Å². The Kier molecular flexibility index (Phi) is 6.91. The summed E-state index contributed by atoms with van der Waals surface area (Å²) in [4.78, 5) is 51.6. The number of nitrogens with one attached hydrogen (secondary N) is 2. The summed E-state index contributed by atoms with van der Waals surface area (Å²) in [6.07, 6.45) is 9.96. The Bertz CT molecular complexity index is 1080. The number of ether oxygens (including phenoxy) is 1. The number of rotatable bonds is 7. The topological polar surface area (TPSA) is 106 Å². The molecule has 33 heavy (non-hydrogen) atoms. The van der Waals surface area contributed by atoms with E-state index in [4.69, 9.17) is 4.74 Å². The Morgan fingerprint density at radius 2 is 1.58 bits per heavy atom. The molecular formula is C25H29N3O5. The first-order valence-corrected chi connectivity index (χ1v) is 11.5. The van der Waals surface area contributed by atoms with Crippen molar-refractivity contribution < 1.29 is 19.1 Å². The molecule has 2 aliphatic carbocycles. The molecule has 2 N–H and O–H groups in total. The van der Waals surface area contributed by atoms with E-state index in [1.54, 1.807) is 36.5 Å². The van der Waals surface area contributed by atoms with Gasteiger partial charge < -0.3 is 19.9 Å². The molecule has 2 aromatic rings. The number of benzene rings is 1. The molecule has 0 spiro atoms. The van der Waals surface area contributed by atoms with E-state index in [2.05, 4.69) is 10.6 Å². The van der Waals surface area contributed by atoms with Gasteiger partial charge in [0.05, 0.1) is 7.11 Å². The molecule has 2 amide bonds. The normalized spacial score (nSPS) is 17.1. The third-order valence-corrected chi connectivity index (χ3v) is 6.29. The van der Waals surface area contributed by atoms with E-state index < -0.39 is 29.3 Å². The first-order valence-electron chi connectivity index (χ1n) is 11.5. The molecule has 1 aromatic carbocycles. The van der Waals surface area contributed by atoms with Gasteiger partial charge in [-0.2, -0.15) is 0 Å². The third-order valence-electron chi connectivity index (χ3n) is 6.29. The molecule has 0 aliphatic heterocycles. The molecule has 0 unspecified atom stereocenters. The number of amides is 2. The van der Waals surface area contributed by atoms with Crippen LogP contribution in [-0.4, -0.2) is 35.5 Å². The second kappa shape index (κ2) is 10.0. The summed E-state index contributed by atoms with van der Waals surface area (Å²) in [7, 11) is 1.24. The fourth-order valence-corrected chi connectivity index (χ4v) is 4.25. The molecule has 2 saturated carbocycles. The van der Waals surface area contributed by atoms with Crippen LogP contribution in [0.15, 0.2) is 47.5 Å². The molecule has 1 aromatic heterocycles. The highest BCUT2D eigenvalue weighted by molar-refractivity contribution is 6.00. The zero-order chi connectivity index (χ0) is 23.4. The highest BCUT2D eigenvalue weighted by Gasteiger charge is 2.29. The van der Waals surface area contributed by atoms with Crippen molar-refractivity contribution in [2.45, 2.75) is 63.1 Å². The highest BCUT2D eigenvalue weighted by Crippen LogP contribution is 2.28. The van der Waals surface area contributed by atoms with Crippen LogP contribution in [0.25, 0.3) is 0 Å². The third kappa shape index (κ3) is 5.32. The average Bonchev–Trinajstić information content (AvgIpc) is 3.67. The van der Waals surface area contributed by atoms with E-state index in [0.717, 1.165) is 44.9 Å². The average molecular weight is 452 g/mol. The molecule has 2 aliphatic rings. The monoisotopic (exact) mass is 451 g/mol. The number of hydrogen-bond donors (Lipinski definition) is 2. The summed E-state index contributed by atoms with van der Waals surface area (Å²) < 4.78 is 6.69. The Balaban J connectivity index is 1.69. The Morgan fingerprint density at radius 1 is 0.939 bits per heavy atom. The zero-order valence-corrected chi connectivity index (χ0v) is 18.7. The van der Waals surface area contributed by atoms with Crippen LogP contribution in [0.2, 0.25) is 0 Å². The Labute approximate surface area is 192 Å². The lowest BCUT2D eigenvalue weighted by molar-refractivity contribution is -0.143. The van der Waals surface area contributed by atoms with Gasteiger partial charge in [0.25, 0.3) is 11.8 Å². The summed E-state index contributed by atoms with van der Waals surface area (Å²) in [6.45, 7) is 0. The molecule has 0 bridgehead atoms. The van der Waals surface area contributed by atoms with Crippen LogP contribution in [0.5, 0.6) is 0 Å². The van der Waals surface area contributed by atoms with Gasteiger partial charge in [0.15, 0.2) is 6.04 Å². The summed E-state index contributed by atoms with van der Waals surface area (Å²) >= 11 is 0. The predicted octanol–water partition coefficient (Wildman–Crippen LogP) is 2.89. The lowest BCUT2D eigenvalue weighted by Gasteiger charge is -2.26. The van der Waals surface area contributed by atoms with Crippen LogP contribution in [0, 0.1) is 0 Å². The van der Waals surface area contributed by atoms with Gasteiger partial charge >= 0.3 is 5.97 Å². The predicted molar refractivity (Wildman–Crippen MR) is 122 cm³/mol. The summed E-state index contributed by atoms with van der Waals surface area (Å²) in [5.41, 5.74) is -0.314. The molecule has 174 valence electrons. The van der Waals surface area contributed by atoms with Crippen LogP contribution in [0.3, 0.4) is 0 Å². The lowest BCUT2D eigenvalue weighted by Crippen LogP contribution is -2.39. The Hall–Kier alpha value is -3.42. The number of esters is 1. The van der Waals surface area contributed by atoms with Gasteiger partial charge in [-0.05, 0) is 31.2 Å². The minimum atomic E-state index is -1.07. The molecule has 0 saturated heterocycles. The molecule has 8 heteroatoms. The summed E-state index contributed by atoms with van der Waals surface area (Å²) in [5.74, 6) is -1.83. The molecule has 4 rings (SSSR count). The molecule has 2 fully saturated rings. The van der Waals surface area contributed by atoms with Crippen molar-refractivity contribution in [2.75, 3.05) is 7.11 Å². The van der Waals surface area contributed by atoms with Crippen molar-refractivity contribution in [3.63, 3.8) is 0 Å². The number of aromatic nitrogens is 1. The number of nitrogens with zero attached hydrogens (tertiary/aromatic N) is 1. The maximum atomic E-state index is 13.3. The van der Waals surface area contributed by atoms with Crippen LogP contribution >= 0.6 is 0 Å². The SMILES string of the molecule is COC(=O)[C@@H](NC(=O)c1cn(C2CCCCC2)cc(C(=O)NC2CC2)c1=O)c1ccccc1. The van der Waals surface area contributed by atoms with Crippen molar-refractivity contribution in [3.05, 3.63) is 69.6 Å². The number of pyridine rings is 1. The maximum absolute atomic E-state index is 13.3.